The summed E-state index contributed by atoms with van der Waals surface area (Å²) in [6, 6.07) is 0. The lowest BCUT2D eigenvalue weighted by molar-refractivity contribution is -0.548. The molecule has 4 nitrogen and oxygen atoms in total. The van der Waals surface area contributed by atoms with E-state index in [1.807, 2.05) is 4.74 Å². The highest BCUT2D eigenvalue weighted by molar-refractivity contribution is 5.78. The van der Waals surface area contributed by atoms with Gasteiger partial charge >= 0.3 is 54.3 Å². The number of hydrogen-bond donors (Lipinski definition) is 0. The van der Waals surface area contributed by atoms with E-state index in [-0.39, 0.29) is 12.8 Å². The van der Waals surface area contributed by atoms with Crippen molar-refractivity contribution in [3.05, 3.63) is 0 Å². The Morgan fingerprint density at radius 3 is 1.10 bits per heavy atom. The van der Waals surface area contributed by atoms with Crippen molar-refractivity contribution in [1.82, 2.24) is 0 Å². The van der Waals surface area contributed by atoms with Crippen LogP contribution in [-0.2, 0) is 19.0 Å². The average molecular weight is 749 g/mol. The van der Waals surface area contributed by atoms with Crippen molar-refractivity contribution in [2.24, 2.45) is 0 Å². The van der Waals surface area contributed by atoms with Gasteiger partial charge in [0.05, 0.1) is 6.61 Å². The van der Waals surface area contributed by atoms with Gasteiger partial charge in [-0.1, -0.05) is 103 Å². The van der Waals surface area contributed by atoms with Gasteiger partial charge in [0.15, 0.2) is 0 Å². The van der Waals surface area contributed by atoms with Crippen molar-refractivity contribution >= 4 is 5.97 Å². The lowest BCUT2D eigenvalue weighted by atomic mass is 10.0. The molecule has 0 aliphatic heterocycles. The van der Waals surface area contributed by atoms with Crippen molar-refractivity contribution in [2.45, 2.75) is 158 Å². The first kappa shape index (κ1) is 46.2. The van der Waals surface area contributed by atoms with Gasteiger partial charge in [0.1, 0.15) is 0 Å². The first-order valence-electron chi connectivity index (χ1n) is 14.9. The van der Waals surface area contributed by atoms with Gasteiger partial charge in [-0.05, 0) is 6.42 Å². The Morgan fingerprint density at radius 2 is 0.792 bits per heavy atom. The number of ether oxygens (including phenoxy) is 3. The standard InChI is InChI=1S/C27H37F17O4/c1-2-3-4-5-6-7-8-9-10-11-12-13-14-15-16-17-18-46-19(45)20(28,23(32,33)34)47-27(43,44)22(31,25(38,39)40)48-26(41,42)21(29,30)24(35,36)37/h2-18H2,1H3. The molecule has 0 saturated carbocycles. The first-order chi connectivity index (χ1) is 21.6. The molecular formula is C27H37F17O4. The molecule has 0 aromatic carbocycles. The molecule has 288 valence electrons. The van der Waals surface area contributed by atoms with E-state index in [9.17, 15) is 79.4 Å². The van der Waals surface area contributed by atoms with Crippen LogP contribution in [0.1, 0.15) is 110 Å². The lowest BCUT2D eigenvalue weighted by Crippen LogP contribution is -2.68. The van der Waals surface area contributed by atoms with Crippen molar-refractivity contribution < 1.29 is 93.6 Å². The van der Waals surface area contributed by atoms with Crippen molar-refractivity contribution in [2.75, 3.05) is 6.61 Å². The third-order valence-electron chi connectivity index (χ3n) is 6.86. The largest absolute Gasteiger partial charge is 0.462 e. The second-order valence-electron chi connectivity index (χ2n) is 10.9. The van der Waals surface area contributed by atoms with Crippen molar-refractivity contribution in [3.63, 3.8) is 0 Å². The molecule has 0 N–H and O–H groups in total. The number of carbonyl (C=O) groups excluding carboxylic acids is 1. The number of rotatable bonds is 24. The summed E-state index contributed by atoms with van der Waals surface area (Å²) in [6.07, 6.45) is -25.0. The van der Waals surface area contributed by atoms with Crippen LogP contribution in [0.5, 0.6) is 0 Å². The molecule has 0 spiro atoms. The van der Waals surface area contributed by atoms with Crippen LogP contribution < -0.4 is 0 Å². The first-order valence-corrected chi connectivity index (χ1v) is 14.9. The topological polar surface area (TPSA) is 44.8 Å². The molecule has 0 saturated heterocycles. The highest BCUT2D eigenvalue weighted by atomic mass is 19.4. The summed E-state index contributed by atoms with van der Waals surface area (Å²) in [5.74, 6) is -26.3. The van der Waals surface area contributed by atoms with Crippen LogP contribution in [-0.4, -0.2) is 61.0 Å². The van der Waals surface area contributed by atoms with E-state index < -0.39 is 61.0 Å². The van der Waals surface area contributed by atoms with E-state index >= 15 is 0 Å². The van der Waals surface area contributed by atoms with Gasteiger partial charge in [0.2, 0.25) is 0 Å². The van der Waals surface area contributed by atoms with E-state index in [1.54, 1.807) is 0 Å². The quantitative estimate of drug-likeness (QED) is 0.0560. The number of carbonyl (C=O) groups is 1. The van der Waals surface area contributed by atoms with E-state index in [4.69, 9.17) is 0 Å². The van der Waals surface area contributed by atoms with Crippen LogP contribution in [0, 0.1) is 0 Å². The minimum Gasteiger partial charge on any atom is -0.461 e. The summed E-state index contributed by atoms with van der Waals surface area (Å²) >= 11 is 0. The molecule has 0 amide bonds. The smallest absolute Gasteiger partial charge is 0.461 e. The van der Waals surface area contributed by atoms with Crippen molar-refractivity contribution in [3.8, 4) is 0 Å². The molecule has 0 aromatic rings. The number of halogens is 17. The van der Waals surface area contributed by atoms with Crippen LogP contribution in [0.3, 0.4) is 0 Å². The molecule has 2 unspecified atom stereocenters. The molecule has 0 fully saturated rings. The minimum atomic E-state index is -8.05. The maximum absolute atomic E-state index is 14.5. The average Bonchev–Trinajstić information content (AvgIpc) is 2.92. The van der Waals surface area contributed by atoms with Crippen molar-refractivity contribution in [1.29, 1.82) is 0 Å². The fraction of sp³-hybridized carbons (Fsp3) is 0.963. The third-order valence-corrected chi connectivity index (χ3v) is 6.86. The summed E-state index contributed by atoms with van der Waals surface area (Å²) in [6.45, 7) is 0.921. The van der Waals surface area contributed by atoms with E-state index in [1.165, 1.54) is 36.8 Å². The Labute approximate surface area is 265 Å². The summed E-state index contributed by atoms with van der Waals surface area (Å²) in [4.78, 5) is 11.7. The summed E-state index contributed by atoms with van der Waals surface area (Å²) in [5, 5.41) is 0. The predicted molar refractivity (Wildman–Crippen MR) is 133 cm³/mol. The molecule has 0 bridgehead atoms. The third kappa shape index (κ3) is 12.8. The molecule has 0 rings (SSSR count). The summed E-state index contributed by atoms with van der Waals surface area (Å²) in [7, 11) is 0. The fourth-order valence-corrected chi connectivity index (χ4v) is 4.05. The molecule has 21 heteroatoms. The molecule has 0 aromatic heterocycles. The van der Waals surface area contributed by atoms with Gasteiger partial charge in [-0.25, -0.2) is 4.79 Å². The molecule has 0 aliphatic rings. The maximum atomic E-state index is 14.5. The number of esters is 1. The number of hydrogen-bond acceptors (Lipinski definition) is 4. The minimum absolute atomic E-state index is 0.0889. The monoisotopic (exact) mass is 748 g/mol. The second kappa shape index (κ2) is 18.4. The van der Waals surface area contributed by atoms with Gasteiger partial charge in [0, 0.05) is 0 Å². The number of unbranched alkanes of at least 4 members (excludes halogenated alkanes) is 15. The van der Waals surface area contributed by atoms with Crippen LogP contribution in [0.2, 0.25) is 0 Å². The van der Waals surface area contributed by atoms with E-state index in [0.29, 0.717) is 12.8 Å². The Morgan fingerprint density at radius 1 is 0.438 bits per heavy atom. The molecule has 2 atom stereocenters. The zero-order chi connectivity index (χ0) is 37.7. The zero-order valence-electron chi connectivity index (χ0n) is 25.6. The van der Waals surface area contributed by atoms with Crippen LogP contribution >= 0.6 is 0 Å². The molecular weight excluding hydrogens is 711 g/mol. The Balaban J connectivity index is 5.14. The van der Waals surface area contributed by atoms with Gasteiger partial charge in [-0.2, -0.15) is 74.6 Å². The summed E-state index contributed by atoms with van der Waals surface area (Å²) < 4.78 is 231. The maximum Gasteiger partial charge on any atom is 0.462 e. The zero-order valence-corrected chi connectivity index (χ0v) is 25.6. The lowest BCUT2D eigenvalue weighted by Gasteiger charge is -2.39. The van der Waals surface area contributed by atoms with E-state index in [0.717, 1.165) is 44.9 Å². The molecule has 48 heavy (non-hydrogen) atoms. The van der Waals surface area contributed by atoms with E-state index in [2.05, 4.69) is 11.7 Å². The fourth-order valence-electron chi connectivity index (χ4n) is 4.05. The highest BCUT2D eigenvalue weighted by Crippen LogP contribution is 2.56. The van der Waals surface area contributed by atoms with Gasteiger partial charge < -0.3 is 4.74 Å². The van der Waals surface area contributed by atoms with Crippen LogP contribution in [0.4, 0.5) is 74.6 Å². The Bertz CT molecular complexity index is 937. The normalized spacial score (nSPS) is 16.5. The Kier molecular flexibility index (Phi) is 17.7. The number of alkyl halides is 17. The second-order valence-corrected chi connectivity index (χ2v) is 10.9. The molecule has 0 radical (unpaired) electrons. The Hall–Kier alpha value is -1.80. The predicted octanol–water partition coefficient (Wildman–Crippen LogP) is 11.7. The van der Waals surface area contributed by atoms with Gasteiger partial charge in [-0.3, -0.25) is 9.47 Å². The van der Waals surface area contributed by atoms with Gasteiger partial charge in [-0.15, -0.1) is 0 Å². The van der Waals surface area contributed by atoms with Gasteiger partial charge in [0.25, 0.3) is 0 Å². The summed E-state index contributed by atoms with van der Waals surface area (Å²) in [5.41, 5.74) is 0. The highest BCUT2D eigenvalue weighted by Gasteiger charge is 2.85. The molecule has 0 aliphatic carbocycles. The SMILES string of the molecule is CCCCCCCCCCCCCCCCCCOC(=O)C(F)(OC(F)(F)C(F)(OC(F)(F)C(F)(F)C(F)(F)F)C(F)(F)F)C(F)(F)F. The molecule has 0 heterocycles. The van der Waals surface area contributed by atoms with Crippen LogP contribution in [0.15, 0.2) is 0 Å². The van der Waals surface area contributed by atoms with Crippen LogP contribution in [0.25, 0.3) is 0 Å².